The molecule has 1 aliphatic heterocycles. The number of rotatable bonds is 4. The molecule has 0 bridgehead atoms. The van der Waals surface area contributed by atoms with E-state index >= 15 is 0 Å². The third-order valence-electron chi connectivity index (χ3n) is 4.72. The molecule has 0 saturated carbocycles. The lowest BCUT2D eigenvalue weighted by Crippen LogP contribution is -2.18. The summed E-state index contributed by atoms with van der Waals surface area (Å²) in [4.78, 5) is 2.34. The van der Waals surface area contributed by atoms with E-state index in [1.165, 1.54) is 24.6 Å². The number of hydrogen-bond donors (Lipinski definition) is 1. The Kier molecular flexibility index (Phi) is 4.37. The van der Waals surface area contributed by atoms with Crippen molar-refractivity contribution in [3.63, 3.8) is 0 Å². The van der Waals surface area contributed by atoms with Crippen molar-refractivity contribution < 1.29 is 13.2 Å². The molecule has 1 aliphatic rings. The third kappa shape index (κ3) is 3.54. The first kappa shape index (κ1) is 17.6. The van der Waals surface area contributed by atoms with E-state index < -0.39 is 12.0 Å². The maximum atomic E-state index is 13.0. The van der Waals surface area contributed by atoms with Crippen LogP contribution in [0.3, 0.4) is 0 Å². The second kappa shape index (κ2) is 6.71. The Balaban J connectivity index is 1.57. The summed E-state index contributed by atoms with van der Waals surface area (Å²) >= 11 is 0. The molecular weight excluding hydrogens is 357 g/mol. The van der Waals surface area contributed by atoms with Crippen LogP contribution in [0.5, 0.6) is 0 Å². The second-order valence-electron chi connectivity index (χ2n) is 6.67. The fraction of sp³-hybridized carbons (Fsp3) is 0.389. The number of anilines is 2. The van der Waals surface area contributed by atoms with E-state index in [2.05, 4.69) is 37.6 Å². The van der Waals surface area contributed by atoms with Crippen LogP contribution in [0.25, 0.3) is 5.65 Å². The summed E-state index contributed by atoms with van der Waals surface area (Å²) in [5, 5.41) is 13.9. The Morgan fingerprint density at radius 2 is 1.85 bits per heavy atom. The van der Waals surface area contributed by atoms with Gasteiger partial charge in [-0.25, -0.2) is 0 Å². The summed E-state index contributed by atoms with van der Waals surface area (Å²) in [6.07, 6.45) is -2.22. The molecule has 1 aromatic carbocycles. The first-order chi connectivity index (χ1) is 12.9. The first-order valence-electron chi connectivity index (χ1n) is 8.83. The number of benzene rings is 1. The number of hydrogen-bond acceptors (Lipinski definition) is 5. The van der Waals surface area contributed by atoms with Gasteiger partial charge in [-0.3, -0.25) is 0 Å². The van der Waals surface area contributed by atoms with Crippen molar-refractivity contribution in [1.82, 2.24) is 19.8 Å². The van der Waals surface area contributed by atoms with Crippen LogP contribution in [-0.4, -0.2) is 32.9 Å². The quantitative estimate of drug-likeness (QED) is 0.748. The van der Waals surface area contributed by atoms with Crippen molar-refractivity contribution in [2.45, 2.75) is 32.0 Å². The Bertz CT molecular complexity index is 946. The monoisotopic (exact) mass is 376 g/mol. The standard InChI is InChI=1S/C18H19F3N6/c1-12(13-5-4-6-14(11-13)26-9-2-3-10-26)22-15-7-8-16-23-24-17(18(19,20)21)27(16)25-15/h4-8,11-12H,2-3,9-10H2,1H3,(H,22,25). The van der Waals surface area contributed by atoms with Crippen LogP contribution < -0.4 is 10.2 Å². The van der Waals surface area contributed by atoms with E-state index in [1.54, 1.807) is 6.07 Å². The zero-order valence-electron chi connectivity index (χ0n) is 14.7. The van der Waals surface area contributed by atoms with Gasteiger partial charge in [0.25, 0.3) is 5.82 Å². The summed E-state index contributed by atoms with van der Waals surface area (Å²) in [6.45, 7) is 4.06. The third-order valence-corrected chi connectivity index (χ3v) is 4.72. The van der Waals surface area contributed by atoms with Crippen molar-refractivity contribution in [1.29, 1.82) is 0 Å². The molecule has 0 spiro atoms. The Hall–Kier alpha value is -2.84. The van der Waals surface area contributed by atoms with Gasteiger partial charge in [-0.2, -0.15) is 17.7 Å². The summed E-state index contributed by atoms with van der Waals surface area (Å²) in [6, 6.07) is 11.1. The first-order valence-corrected chi connectivity index (χ1v) is 8.83. The van der Waals surface area contributed by atoms with Crippen LogP contribution in [0.1, 0.15) is 37.2 Å². The molecule has 4 rings (SSSR count). The predicted octanol–water partition coefficient (Wildman–Crippen LogP) is 3.92. The fourth-order valence-corrected chi connectivity index (χ4v) is 3.31. The highest BCUT2D eigenvalue weighted by Gasteiger charge is 2.37. The number of alkyl halides is 3. The van der Waals surface area contributed by atoms with Gasteiger partial charge in [0.05, 0.1) is 6.04 Å². The maximum absolute atomic E-state index is 13.0. The highest BCUT2D eigenvalue weighted by molar-refractivity contribution is 5.51. The molecule has 0 aliphatic carbocycles. The number of halogens is 3. The van der Waals surface area contributed by atoms with Gasteiger partial charge >= 0.3 is 6.18 Å². The average Bonchev–Trinajstić information content (AvgIpc) is 3.31. The molecular formula is C18H19F3N6. The van der Waals surface area contributed by atoms with E-state index in [1.807, 2.05) is 19.1 Å². The minimum atomic E-state index is -4.61. The Morgan fingerprint density at radius 3 is 2.59 bits per heavy atom. The van der Waals surface area contributed by atoms with Crippen molar-refractivity contribution in [3.05, 3.63) is 47.8 Å². The maximum Gasteiger partial charge on any atom is 0.453 e. The van der Waals surface area contributed by atoms with Crippen molar-refractivity contribution >= 4 is 17.2 Å². The summed E-state index contributed by atoms with van der Waals surface area (Å²) < 4.78 is 39.8. The van der Waals surface area contributed by atoms with Crippen LogP contribution in [0.2, 0.25) is 0 Å². The molecule has 1 fully saturated rings. The molecule has 2 aromatic heterocycles. The number of nitrogens with one attached hydrogen (secondary N) is 1. The molecule has 1 atom stereocenters. The average molecular weight is 376 g/mol. The van der Waals surface area contributed by atoms with E-state index in [9.17, 15) is 13.2 Å². The molecule has 6 nitrogen and oxygen atoms in total. The van der Waals surface area contributed by atoms with Crippen LogP contribution in [-0.2, 0) is 6.18 Å². The SMILES string of the molecule is CC(Nc1ccc2nnc(C(F)(F)F)n2n1)c1cccc(N2CCCC2)c1. The largest absolute Gasteiger partial charge is 0.453 e. The lowest BCUT2D eigenvalue weighted by Gasteiger charge is -2.21. The lowest BCUT2D eigenvalue weighted by molar-refractivity contribution is -0.146. The van der Waals surface area contributed by atoms with E-state index in [0.29, 0.717) is 5.82 Å². The number of fused-ring (bicyclic) bond motifs is 1. The van der Waals surface area contributed by atoms with Crippen LogP contribution >= 0.6 is 0 Å². The minimum absolute atomic E-state index is 0.0524. The zero-order valence-corrected chi connectivity index (χ0v) is 14.7. The van der Waals surface area contributed by atoms with Crippen LogP contribution in [0.15, 0.2) is 36.4 Å². The predicted molar refractivity (Wildman–Crippen MR) is 95.7 cm³/mol. The molecule has 3 heterocycles. The Labute approximate surface area is 154 Å². The highest BCUT2D eigenvalue weighted by Crippen LogP contribution is 2.28. The minimum Gasteiger partial charge on any atom is -0.372 e. The summed E-state index contributed by atoms with van der Waals surface area (Å²) in [7, 11) is 0. The lowest BCUT2D eigenvalue weighted by atomic mass is 10.1. The van der Waals surface area contributed by atoms with E-state index in [4.69, 9.17) is 0 Å². The van der Waals surface area contributed by atoms with E-state index in [-0.39, 0.29) is 11.7 Å². The van der Waals surface area contributed by atoms with Gasteiger partial charge in [0.2, 0.25) is 0 Å². The Morgan fingerprint density at radius 1 is 1.07 bits per heavy atom. The van der Waals surface area contributed by atoms with Gasteiger partial charge < -0.3 is 10.2 Å². The molecule has 1 N–H and O–H groups in total. The van der Waals surface area contributed by atoms with Crippen molar-refractivity contribution in [2.24, 2.45) is 0 Å². The van der Waals surface area contributed by atoms with Crippen molar-refractivity contribution in [3.8, 4) is 0 Å². The molecule has 3 aromatic rings. The fourth-order valence-electron chi connectivity index (χ4n) is 3.31. The summed E-state index contributed by atoms with van der Waals surface area (Å²) in [5.41, 5.74) is 2.26. The van der Waals surface area contributed by atoms with Gasteiger partial charge in [-0.1, -0.05) is 12.1 Å². The molecule has 9 heteroatoms. The van der Waals surface area contributed by atoms with Crippen LogP contribution in [0.4, 0.5) is 24.7 Å². The number of aromatic nitrogens is 4. The number of nitrogens with zero attached hydrogens (tertiary/aromatic N) is 5. The molecule has 1 saturated heterocycles. The normalized spacial score (nSPS) is 16.1. The van der Waals surface area contributed by atoms with Gasteiger partial charge in [-0.05, 0) is 49.6 Å². The highest BCUT2D eigenvalue weighted by atomic mass is 19.4. The second-order valence-corrected chi connectivity index (χ2v) is 6.67. The van der Waals surface area contributed by atoms with Gasteiger partial charge in [0.15, 0.2) is 5.65 Å². The van der Waals surface area contributed by atoms with Gasteiger partial charge in [0.1, 0.15) is 5.82 Å². The zero-order chi connectivity index (χ0) is 19.0. The van der Waals surface area contributed by atoms with Gasteiger partial charge in [-0.15, -0.1) is 15.3 Å². The van der Waals surface area contributed by atoms with E-state index in [0.717, 1.165) is 23.2 Å². The van der Waals surface area contributed by atoms with Gasteiger partial charge in [0, 0.05) is 18.8 Å². The molecule has 27 heavy (non-hydrogen) atoms. The molecule has 1 unspecified atom stereocenters. The summed E-state index contributed by atoms with van der Waals surface area (Å²) in [5.74, 6) is -0.809. The molecule has 142 valence electrons. The molecule has 0 amide bonds. The van der Waals surface area contributed by atoms with Crippen molar-refractivity contribution in [2.75, 3.05) is 23.3 Å². The smallest absolute Gasteiger partial charge is 0.372 e. The molecule has 0 radical (unpaired) electrons. The van der Waals surface area contributed by atoms with Crippen LogP contribution in [0, 0.1) is 0 Å². The topological polar surface area (TPSA) is 58.4 Å².